The van der Waals surface area contributed by atoms with Gasteiger partial charge < -0.3 is 5.73 Å². The molecule has 0 saturated heterocycles. The van der Waals surface area contributed by atoms with Gasteiger partial charge >= 0.3 is 0 Å². The molecule has 0 aromatic heterocycles. The first-order valence-electron chi connectivity index (χ1n) is 5.26. The molecule has 2 N–H and O–H groups in total. The SMILES string of the molecule is Cl.NC1(c2ccccc2Br)CCCCC1. The Labute approximate surface area is 106 Å². The van der Waals surface area contributed by atoms with Crippen molar-refractivity contribution in [3.63, 3.8) is 0 Å². The van der Waals surface area contributed by atoms with Crippen LogP contribution in [0, 0.1) is 0 Å². The van der Waals surface area contributed by atoms with Gasteiger partial charge in [-0.2, -0.15) is 0 Å². The molecule has 0 atom stereocenters. The van der Waals surface area contributed by atoms with E-state index in [1.165, 1.54) is 24.8 Å². The number of nitrogens with two attached hydrogens (primary N) is 1. The first kappa shape index (κ1) is 13.0. The summed E-state index contributed by atoms with van der Waals surface area (Å²) in [6, 6.07) is 8.34. The van der Waals surface area contributed by atoms with Crippen LogP contribution in [0.5, 0.6) is 0 Å². The van der Waals surface area contributed by atoms with Crippen molar-refractivity contribution in [1.29, 1.82) is 0 Å². The molecule has 1 saturated carbocycles. The van der Waals surface area contributed by atoms with Crippen LogP contribution in [0.4, 0.5) is 0 Å². The highest BCUT2D eigenvalue weighted by Crippen LogP contribution is 2.37. The van der Waals surface area contributed by atoms with Gasteiger partial charge in [-0.15, -0.1) is 12.4 Å². The highest BCUT2D eigenvalue weighted by atomic mass is 79.9. The molecule has 0 amide bonds. The van der Waals surface area contributed by atoms with Gasteiger partial charge in [0.25, 0.3) is 0 Å². The minimum absolute atomic E-state index is 0. The summed E-state index contributed by atoms with van der Waals surface area (Å²) in [5, 5.41) is 0. The molecule has 0 unspecified atom stereocenters. The summed E-state index contributed by atoms with van der Waals surface area (Å²) in [7, 11) is 0. The number of hydrogen-bond donors (Lipinski definition) is 1. The van der Waals surface area contributed by atoms with E-state index in [9.17, 15) is 0 Å². The maximum absolute atomic E-state index is 6.45. The second kappa shape index (κ2) is 5.33. The van der Waals surface area contributed by atoms with Gasteiger partial charge in [-0.05, 0) is 24.5 Å². The van der Waals surface area contributed by atoms with Crippen molar-refractivity contribution in [2.75, 3.05) is 0 Å². The van der Waals surface area contributed by atoms with Crippen LogP contribution < -0.4 is 5.73 Å². The van der Waals surface area contributed by atoms with E-state index in [1.807, 2.05) is 6.07 Å². The Kier molecular flexibility index (Phi) is 4.63. The average molecular weight is 291 g/mol. The zero-order chi connectivity index (χ0) is 10.0. The van der Waals surface area contributed by atoms with Crippen LogP contribution in [-0.2, 0) is 5.54 Å². The second-order valence-electron chi connectivity index (χ2n) is 4.20. The summed E-state index contributed by atoms with van der Waals surface area (Å²) in [6.07, 6.45) is 6.10. The molecule has 3 heteroatoms. The lowest BCUT2D eigenvalue weighted by atomic mass is 9.77. The lowest BCUT2D eigenvalue weighted by Crippen LogP contribution is -2.38. The fraction of sp³-hybridized carbons (Fsp3) is 0.500. The first-order valence-corrected chi connectivity index (χ1v) is 6.06. The van der Waals surface area contributed by atoms with E-state index in [1.54, 1.807) is 0 Å². The van der Waals surface area contributed by atoms with Gasteiger partial charge in [-0.3, -0.25) is 0 Å². The fourth-order valence-corrected chi connectivity index (χ4v) is 3.00. The van der Waals surface area contributed by atoms with Crippen molar-refractivity contribution in [1.82, 2.24) is 0 Å². The summed E-state index contributed by atoms with van der Waals surface area (Å²) in [4.78, 5) is 0. The van der Waals surface area contributed by atoms with Gasteiger partial charge in [0.15, 0.2) is 0 Å². The molecule has 0 radical (unpaired) electrons. The van der Waals surface area contributed by atoms with Crippen LogP contribution in [0.3, 0.4) is 0 Å². The summed E-state index contributed by atoms with van der Waals surface area (Å²) < 4.78 is 1.16. The van der Waals surface area contributed by atoms with Crippen molar-refractivity contribution >= 4 is 28.3 Å². The standard InChI is InChI=1S/C12H16BrN.ClH/c13-11-7-3-2-6-10(11)12(14)8-4-1-5-9-12;/h2-3,6-7H,1,4-5,8-9,14H2;1H. The monoisotopic (exact) mass is 289 g/mol. The van der Waals surface area contributed by atoms with Gasteiger partial charge in [0, 0.05) is 10.0 Å². The Bertz CT molecular complexity index is 321. The molecule has 1 nitrogen and oxygen atoms in total. The van der Waals surface area contributed by atoms with Gasteiger partial charge in [-0.25, -0.2) is 0 Å². The quantitative estimate of drug-likeness (QED) is 0.831. The van der Waals surface area contributed by atoms with Crippen LogP contribution in [0.15, 0.2) is 28.7 Å². The van der Waals surface area contributed by atoms with Crippen LogP contribution in [0.2, 0.25) is 0 Å². The molecular weight excluding hydrogens is 273 g/mol. The fourth-order valence-electron chi connectivity index (χ4n) is 2.32. The molecule has 0 heterocycles. The number of hydrogen-bond acceptors (Lipinski definition) is 1. The number of rotatable bonds is 1. The predicted octanol–water partition coefficient (Wildman–Crippen LogP) is 3.99. The second-order valence-corrected chi connectivity index (χ2v) is 5.05. The molecule has 1 aliphatic carbocycles. The van der Waals surface area contributed by atoms with Crippen molar-refractivity contribution in [2.45, 2.75) is 37.6 Å². The average Bonchev–Trinajstić information content (AvgIpc) is 2.19. The zero-order valence-corrected chi connectivity index (χ0v) is 11.1. The van der Waals surface area contributed by atoms with E-state index in [-0.39, 0.29) is 17.9 Å². The van der Waals surface area contributed by atoms with Crippen molar-refractivity contribution in [3.05, 3.63) is 34.3 Å². The van der Waals surface area contributed by atoms with Crippen molar-refractivity contribution in [3.8, 4) is 0 Å². The summed E-state index contributed by atoms with van der Waals surface area (Å²) in [5.41, 5.74) is 7.64. The Morgan fingerprint density at radius 1 is 1.07 bits per heavy atom. The predicted molar refractivity (Wildman–Crippen MR) is 70.3 cm³/mol. The van der Waals surface area contributed by atoms with E-state index in [0.29, 0.717) is 0 Å². The Hall–Kier alpha value is -0.0500. The normalized spacial score (nSPS) is 19.3. The van der Waals surface area contributed by atoms with E-state index < -0.39 is 0 Å². The first-order chi connectivity index (χ1) is 6.72. The van der Waals surface area contributed by atoms with Crippen molar-refractivity contribution in [2.24, 2.45) is 5.73 Å². The van der Waals surface area contributed by atoms with Gasteiger partial charge in [-0.1, -0.05) is 53.4 Å². The van der Waals surface area contributed by atoms with E-state index in [0.717, 1.165) is 17.3 Å². The smallest absolute Gasteiger partial charge is 0.0420 e. The van der Waals surface area contributed by atoms with Gasteiger partial charge in [0.1, 0.15) is 0 Å². The Balaban J connectivity index is 0.00000112. The molecule has 0 bridgehead atoms. The molecule has 84 valence electrons. The molecule has 1 fully saturated rings. The van der Waals surface area contributed by atoms with Crippen LogP contribution >= 0.6 is 28.3 Å². The highest BCUT2D eigenvalue weighted by molar-refractivity contribution is 9.10. The van der Waals surface area contributed by atoms with E-state index >= 15 is 0 Å². The van der Waals surface area contributed by atoms with E-state index in [2.05, 4.69) is 34.1 Å². The van der Waals surface area contributed by atoms with Gasteiger partial charge in [0.2, 0.25) is 0 Å². The third-order valence-corrected chi connectivity index (χ3v) is 3.85. The minimum atomic E-state index is -0.0850. The highest BCUT2D eigenvalue weighted by Gasteiger charge is 2.30. The third-order valence-electron chi connectivity index (χ3n) is 3.16. The number of halogens is 2. The topological polar surface area (TPSA) is 26.0 Å². The lowest BCUT2D eigenvalue weighted by Gasteiger charge is -2.34. The minimum Gasteiger partial charge on any atom is -0.321 e. The lowest BCUT2D eigenvalue weighted by molar-refractivity contribution is 0.301. The molecule has 1 aromatic rings. The Morgan fingerprint density at radius 2 is 1.67 bits per heavy atom. The molecular formula is C12H17BrClN. The van der Waals surface area contributed by atoms with Crippen LogP contribution in [0.1, 0.15) is 37.7 Å². The molecule has 0 aliphatic heterocycles. The summed E-state index contributed by atoms with van der Waals surface area (Å²) >= 11 is 3.59. The maximum atomic E-state index is 6.45. The van der Waals surface area contributed by atoms with Crippen LogP contribution in [-0.4, -0.2) is 0 Å². The molecule has 15 heavy (non-hydrogen) atoms. The summed E-state index contributed by atoms with van der Waals surface area (Å²) in [6.45, 7) is 0. The largest absolute Gasteiger partial charge is 0.321 e. The molecule has 2 rings (SSSR count). The van der Waals surface area contributed by atoms with Crippen LogP contribution in [0.25, 0.3) is 0 Å². The van der Waals surface area contributed by atoms with Crippen molar-refractivity contribution < 1.29 is 0 Å². The zero-order valence-electron chi connectivity index (χ0n) is 8.71. The van der Waals surface area contributed by atoms with E-state index in [4.69, 9.17) is 5.73 Å². The summed E-state index contributed by atoms with van der Waals surface area (Å²) in [5.74, 6) is 0. The Morgan fingerprint density at radius 3 is 2.27 bits per heavy atom. The molecule has 1 aromatic carbocycles. The molecule has 1 aliphatic rings. The third kappa shape index (κ3) is 2.74. The number of benzene rings is 1. The maximum Gasteiger partial charge on any atom is 0.0420 e. The van der Waals surface area contributed by atoms with Gasteiger partial charge in [0.05, 0.1) is 0 Å². The molecule has 0 spiro atoms.